The van der Waals surface area contributed by atoms with Crippen molar-refractivity contribution in [2.24, 2.45) is 0 Å². The zero-order chi connectivity index (χ0) is 19.9. The van der Waals surface area contributed by atoms with E-state index in [-0.39, 0.29) is 17.2 Å². The number of hydrogen-bond acceptors (Lipinski definition) is 5. The molecule has 0 spiro atoms. The quantitative estimate of drug-likeness (QED) is 0.693. The van der Waals surface area contributed by atoms with Crippen LogP contribution in [0.1, 0.15) is 53.5 Å². The number of rotatable bonds is 7. The van der Waals surface area contributed by atoms with E-state index in [1.807, 2.05) is 0 Å². The highest BCUT2D eigenvalue weighted by atomic mass is 32.1. The summed E-state index contributed by atoms with van der Waals surface area (Å²) < 4.78 is 13.2. The van der Waals surface area contributed by atoms with Crippen LogP contribution in [0.15, 0.2) is 29.6 Å². The molecule has 0 bridgehead atoms. The number of carbonyl (C=O) groups excluding carboxylic acids is 2. The first-order valence-electron chi connectivity index (χ1n) is 9.57. The minimum Gasteiger partial charge on any atom is -0.351 e. The number of thiazole rings is 1. The van der Waals surface area contributed by atoms with E-state index < -0.39 is 11.7 Å². The third kappa shape index (κ3) is 5.59. The third-order valence-electron chi connectivity index (χ3n) is 4.89. The van der Waals surface area contributed by atoms with Gasteiger partial charge in [-0.15, -0.1) is 11.3 Å². The molecule has 2 aromatic rings. The Hall–Kier alpha value is -2.32. The van der Waals surface area contributed by atoms with Gasteiger partial charge >= 0.3 is 0 Å². The Balaban J connectivity index is 1.44. The van der Waals surface area contributed by atoms with Crippen LogP contribution < -0.4 is 10.6 Å². The van der Waals surface area contributed by atoms with Gasteiger partial charge in [0, 0.05) is 30.1 Å². The summed E-state index contributed by atoms with van der Waals surface area (Å²) in [6.07, 6.45) is 4.69. The van der Waals surface area contributed by atoms with Crippen LogP contribution >= 0.6 is 11.3 Å². The predicted octanol–water partition coefficient (Wildman–Crippen LogP) is 3.53. The first-order valence-corrected chi connectivity index (χ1v) is 10.5. The van der Waals surface area contributed by atoms with Gasteiger partial charge in [0.25, 0.3) is 11.8 Å². The largest absolute Gasteiger partial charge is 0.351 e. The summed E-state index contributed by atoms with van der Waals surface area (Å²) in [5, 5.41) is 7.37. The molecule has 0 saturated carbocycles. The number of nitrogens with one attached hydrogen (secondary N) is 2. The van der Waals surface area contributed by atoms with Crippen molar-refractivity contribution in [2.75, 3.05) is 25.0 Å². The van der Waals surface area contributed by atoms with Gasteiger partial charge in [-0.2, -0.15) is 0 Å². The molecule has 1 aromatic carbocycles. The molecule has 1 aliphatic rings. The molecule has 150 valence electrons. The summed E-state index contributed by atoms with van der Waals surface area (Å²) in [7, 11) is 0. The fourth-order valence-electron chi connectivity index (χ4n) is 3.30. The van der Waals surface area contributed by atoms with Crippen molar-refractivity contribution in [2.45, 2.75) is 38.6 Å². The number of hydrogen-bond donors (Lipinski definition) is 2. The van der Waals surface area contributed by atoms with Crippen molar-refractivity contribution < 1.29 is 14.0 Å². The van der Waals surface area contributed by atoms with Gasteiger partial charge in [0.1, 0.15) is 11.5 Å². The molecule has 1 atom stereocenters. The Labute approximate surface area is 168 Å². The van der Waals surface area contributed by atoms with Crippen LogP contribution in [0.4, 0.5) is 9.52 Å². The molecule has 2 N–H and O–H groups in total. The smallest absolute Gasteiger partial charge is 0.270 e. The van der Waals surface area contributed by atoms with Gasteiger partial charge in [-0.1, -0.05) is 12.5 Å². The van der Waals surface area contributed by atoms with Crippen molar-refractivity contribution in [1.29, 1.82) is 0 Å². The number of anilines is 1. The summed E-state index contributed by atoms with van der Waals surface area (Å²) in [5.41, 5.74) is 0.471. The van der Waals surface area contributed by atoms with Crippen LogP contribution in [0.5, 0.6) is 0 Å². The molecule has 1 aliphatic heterocycles. The van der Waals surface area contributed by atoms with Gasteiger partial charge in [-0.25, -0.2) is 9.37 Å². The molecule has 0 radical (unpaired) electrons. The third-order valence-corrected chi connectivity index (χ3v) is 5.65. The zero-order valence-electron chi connectivity index (χ0n) is 15.9. The van der Waals surface area contributed by atoms with Crippen molar-refractivity contribution in [3.63, 3.8) is 0 Å². The number of aromatic nitrogens is 1. The number of piperidine rings is 1. The molecule has 3 rings (SSSR count). The highest BCUT2D eigenvalue weighted by molar-refractivity contribution is 7.14. The average molecular weight is 405 g/mol. The van der Waals surface area contributed by atoms with Crippen molar-refractivity contribution >= 4 is 28.3 Å². The molecule has 1 fully saturated rings. The van der Waals surface area contributed by atoms with E-state index >= 15 is 0 Å². The lowest BCUT2D eigenvalue weighted by Crippen LogP contribution is -2.39. The Kier molecular flexibility index (Phi) is 7.11. The molecule has 1 aromatic heterocycles. The summed E-state index contributed by atoms with van der Waals surface area (Å²) in [6.45, 7) is 4.96. The maximum Gasteiger partial charge on any atom is 0.270 e. The Bertz CT molecular complexity index is 826. The second-order valence-corrected chi connectivity index (χ2v) is 7.85. The van der Waals surface area contributed by atoms with E-state index in [9.17, 15) is 14.0 Å². The Morgan fingerprint density at radius 1 is 1.32 bits per heavy atom. The summed E-state index contributed by atoms with van der Waals surface area (Å²) >= 11 is 1.16. The SMILES string of the molecule is CC1CCCCN1CCCNC(=O)c1csc(NC(=O)c2cccc(F)c2)n1. The molecule has 8 heteroatoms. The second-order valence-electron chi connectivity index (χ2n) is 6.99. The van der Waals surface area contributed by atoms with Gasteiger partial charge in [-0.05, 0) is 50.9 Å². The van der Waals surface area contributed by atoms with E-state index in [1.165, 1.54) is 37.5 Å². The normalized spacial score (nSPS) is 17.3. The minimum atomic E-state index is -0.481. The summed E-state index contributed by atoms with van der Waals surface area (Å²) in [5.74, 6) is -1.20. The monoisotopic (exact) mass is 404 g/mol. The van der Waals surface area contributed by atoms with Crippen molar-refractivity contribution in [3.8, 4) is 0 Å². The maximum atomic E-state index is 13.2. The van der Waals surface area contributed by atoms with Crippen LogP contribution in [-0.2, 0) is 0 Å². The molecule has 1 unspecified atom stereocenters. The predicted molar refractivity (Wildman–Crippen MR) is 108 cm³/mol. The summed E-state index contributed by atoms with van der Waals surface area (Å²) in [4.78, 5) is 31.0. The van der Waals surface area contributed by atoms with Gasteiger partial charge in [0.2, 0.25) is 0 Å². The van der Waals surface area contributed by atoms with E-state index in [4.69, 9.17) is 0 Å². The van der Waals surface area contributed by atoms with Crippen molar-refractivity contribution in [3.05, 3.63) is 46.7 Å². The lowest BCUT2D eigenvalue weighted by Gasteiger charge is -2.33. The molecule has 0 aliphatic carbocycles. The fraction of sp³-hybridized carbons (Fsp3) is 0.450. The first kappa shape index (κ1) is 20.4. The standard InChI is InChI=1S/C20H25FN4O2S/c1-14-6-2-3-10-25(14)11-5-9-22-19(27)17-13-28-20(23-17)24-18(26)15-7-4-8-16(21)12-15/h4,7-8,12-14H,2-3,5-6,9-11H2,1H3,(H,22,27)(H,23,24,26). The van der Waals surface area contributed by atoms with Gasteiger partial charge in [0.05, 0.1) is 0 Å². The van der Waals surface area contributed by atoms with Gasteiger partial charge in [0.15, 0.2) is 5.13 Å². The minimum absolute atomic E-state index is 0.202. The second kappa shape index (κ2) is 9.75. The molecular weight excluding hydrogens is 379 g/mol. The molecule has 28 heavy (non-hydrogen) atoms. The van der Waals surface area contributed by atoms with E-state index in [0.29, 0.717) is 17.7 Å². The number of halogens is 1. The number of benzene rings is 1. The average Bonchev–Trinajstić information content (AvgIpc) is 3.15. The molecule has 1 saturated heterocycles. The fourth-order valence-corrected chi connectivity index (χ4v) is 3.98. The van der Waals surface area contributed by atoms with Crippen LogP contribution in [-0.4, -0.2) is 47.4 Å². The van der Waals surface area contributed by atoms with Crippen LogP contribution in [0.25, 0.3) is 0 Å². The number of carbonyl (C=O) groups is 2. The number of nitrogens with zero attached hydrogens (tertiary/aromatic N) is 2. The van der Waals surface area contributed by atoms with E-state index in [2.05, 4.69) is 27.4 Å². The molecular formula is C20H25FN4O2S. The molecule has 2 heterocycles. The van der Waals surface area contributed by atoms with Crippen LogP contribution in [0.2, 0.25) is 0 Å². The molecule has 2 amide bonds. The topological polar surface area (TPSA) is 74.3 Å². The first-order chi connectivity index (χ1) is 13.5. The van der Waals surface area contributed by atoms with Crippen LogP contribution in [0, 0.1) is 5.82 Å². The molecule has 6 nitrogen and oxygen atoms in total. The lowest BCUT2D eigenvalue weighted by atomic mass is 10.0. The highest BCUT2D eigenvalue weighted by Gasteiger charge is 2.18. The van der Waals surface area contributed by atoms with E-state index in [0.717, 1.165) is 36.9 Å². The van der Waals surface area contributed by atoms with Crippen molar-refractivity contribution in [1.82, 2.24) is 15.2 Å². The lowest BCUT2D eigenvalue weighted by molar-refractivity contribution is 0.0943. The number of likely N-dealkylation sites (tertiary alicyclic amines) is 1. The summed E-state index contributed by atoms with van der Waals surface area (Å²) in [6, 6.07) is 6.03. The van der Waals surface area contributed by atoms with Gasteiger partial charge in [-0.3, -0.25) is 14.9 Å². The Morgan fingerprint density at radius 2 is 2.18 bits per heavy atom. The number of amides is 2. The van der Waals surface area contributed by atoms with Gasteiger partial charge < -0.3 is 10.2 Å². The Morgan fingerprint density at radius 3 is 2.96 bits per heavy atom. The highest BCUT2D eigenvalue weighted by Crippen LogP contribution is 2.18. The van der Waals surface area contributed by atoms with Crippen LogP contribution in [0.3, 0.4) is 0 Å². The van der Waals surface area contributed by atoms with E-state index in [1.54, 1.807) is 5.38 Å². The maximum absolute atomic E-state index is 13.2. The zero-order valence-corrected chi connectivity index (χ0v) is 16.7.